The van der Waals surface area contributed by atoms with Crippen LogP contribution < -0.4 is 5.32 Å². The molecule has 0 amide bonds. The molecule has 128 valence electrons. The molecule has 2 aromatic carbocycles. The van der Waals surface area contributed by atoms with Crippen molar-refractivity contribution in [3.8, 4) is 0 Å². The highest BCUT2D eigenvalue weighted by Gasteiger charge is 2.30. The smallest absolute Gasteiger partial charge is 0.416 e. The third-order valence-electron chi connectivity index (χ3n) is 3.43. The van der Waals surface area contributed by atoms with Crippen LogP contribution in [-0.4, -0.2) is 12.5 Å². The first-order chi connectivity index (χ1) is 11.4. The van der Waals surface area contributed by atoms with Crippen molar-refractivity contribution in [1.82, 2.24) is 0 Å². The lowest BCUT2D eigenvalue weighted by atomic mass is 10.1. The summed E-state index contributed by atoms with van der Waals surface area (Å²) in [6.07, 6.45) is -4.39. The molecule has 3 nitrogen and oxygen atoms in total. The summed E-state index contributed by atoms with van der Waals surface area (Å²) >= 11 is 0. The van der Waals surface area contributed by atoms with Crippen LogP contribution in [-0.2, 0) is 22.3 Å². The third kappa shape index (κ3) is 5.30. The van der Waals surface area contributed by atoms with Crippen LogP contribution in [0.15, 0.2) is 54.6 Å². The SMILES string of the molecule is CC(CNc1cccc(C(F)(F)F)c1)C(=O)OCc1ccccc1. The molecule has 0 saturated heterocycles. The molecule has 2 rings (SSSR count). The van der Waals surface area contributed by atoms with Crippen LogP contribution in [0.1, 0.15) is 18.1 Å². The number of rotatable bonds is 6. The zero-order valence-electron chi connectivity index (χ0n) is 13.1. The second-order valence-corrected chi connectivity index (χ2v) is 5.45. The standard InChI is InChI=1S/C18H18F3NO2/c1-13(17(23)24-12-14-6-3-2-4-7-14)11-22-16-9-5-8-15(10-16)18(19,20)21/h2-10,13,22H,11-12H2,1H3. The number of hydrogen-bond acceptors (Lipinski definition) is 3. The van der Waals surface area contributed by atoms with Crippen molar-refractivity contribution >= 4 is 11.7 Å². The summed E-state index contributed by atoms with van der Waals surface area (Å²) in [5.41, 5.74) is 0.461. The molecular weight excluding hydrogens is 319 g/mol. The van der Waals surface area contributed by atoms with Gasteiger partial charge in [0.05, 0.1) is 11.5 Å². The highest BCUT2D eigenvalue weighted by molar-refractivity contribution is 5.72. The fraction of sp³-hybridized carbons (Fsp3) is 0.278. The normalized spacial score (nSPS) is 12.5. The molecule has 0 heterocycles. The molecule has 0 aliphatic heterocycles. The van der Waals surface area contributed by atoms with Gasteiger partial charge >= 0.3 is 12.1 Å². The van der Waals surface area contributed by atoms with Crippen molar-refractivity contribution in [1.29, 1.82) is 0 Å². The summed E-state index contributed by atoms with van der Waals surface area (Å²) in [5.74, 6) is -0.887. The first kappa shape index (κ1) is 17.8. The third-order valence-corrected chi connectivity index (χ3v) is 3.43. The van der Waals surface area contributed by atoms with E-state index in [2.05, 4.69) is 5.32 Å². The van der Waals surface area contributed by atoms with Gasteiger partial charge in [-0.15, -0.1) is 0 Å². The van der Waals surface area contributed by atoms with Crippen molar-refractivity contribution in [2.45, 2.75) is 19.7 Å². The zero-order valence-corrected chi connectivity index (χ0v) is 13.1. The number of benzene rings is 2. The van der Waals surface area contributed by atoms with Crippen molar-refractivity contribution in [3.63, 3.8) is 0 Å². The van der Waals surface area contributed by atoms with Crippen LogP contribution in [0.3, 0.4) is 0 Å². The average molecular weight is 337 g/mol. The van der Waals surface area contributed by atoms with Gasteiger partial charge in [-0.25, -0.2) is 0 Å². The van der Waals surface area contributed by atoms with Gasteiger partial charge in [0.15, 0.2) is 0 Å². The Balaban J connectivity index is 1.84. The van der Waals surface area contributed by atoms with E-state index in [0.717, 1.165) is 17.7 Å². The summed E-state index contributed by atoms with van der Waals surface area (Å²) in [6, 6.07) is 14.1. The Bertz CT molecular complexity index is 671. The van der Waals surface area contributed by atoms with E-state index >= 15 is 0 Å². The molecule has 0 aliphatic carbocycles. The Labute approximate surface area is 138 Å². The highest BCUT2D eigenvalue weighted by Crippen LogP contribution is 2.30. The van der Waals surface area contributed by atoms with Crippen molar-refractivity contribution in [2.24, 2.45) is 5.92 Å². The first-order valence-electron chi connectivity index (χ1n) is 7.48. The van der Waals surface area contributed by atoms with Gasteiger partial charge in [0.1, 0.15) is 6.61 Å². The minimum atomic E-state index is -4.39. The lowest BCUT2D eigenvalue weighted by molar-refractivity contribution is -0.148. The number of carbonyl (C=O) groups excluding carboxylic acids is 1. The number of carbonyl (C=O) groups is 1. The molecule has 0 bridgehead atoms. The van der Waals surface area contributed by atoms with Crippen LogP contribution in [0, 0.1) is 5.92 Å². The van der Waals surface area contributed by atoms with E-state index in [-0.39, 0.29) is 13.2 Å². The van der Waals surface area contributed by atoms with E-state index in [9.17, 15) is 18.0 Å². The number of halogens is 3. The second-order valence-electron chi connectivity index (χ2n) is 5.45. The second kappa shape index (κ2) is 7.86. The fourth-order valence-corrected chi connectivity index (χ4v) is 2.03. The molecule has 24 heavy (non-hydrogen) atoms. The summed E-state index contributed by atoms with van der Waals surface area (Å²) in [5, 5.41) is 2.84. The number of ether oxygens (including phenoxy) is 1. The van der Waals surface area contributed by atoms with E-state index in [1.54, 1.807) is 6.92 Å². The number of esters is 1. The number of alkyl halides is 3. The van der Waals surface area contributed by atoms with Crippen LogP contribution in [0.5, 0.6) is 0 Å². The van der Waals surface area contributed by atoms with E-state index in [1.165, 1.54) is 12.1 Å². The average Bonchev–Trinajstić information content (AvgIpc) is 2.58. The fourth-order valence-electron chi connectivity index (χ4n) is 2.03. The summed E-state index contributed by atoms with van der Waals surface area (Å²) < 4.78 is 43.2. The van der Waals surface area contributed by atoms with E-state index in [1.807, 2.05) is 30.3 Å². The summed E-state index contributed by atoms with van der Waals surface area (Å²) in [6.45, 7) is 2.02. The highest BCUT2D eigenvalue weighted by atomic mass is 19.4. The number of anilines is 1. The topological polar surface area (TPSA) is 38.3 Å². The van der Waals surface area contributed by atoms with Crippen molar-refractivity contribution < 1.29 is 22.7 Å². The Kier molecular flexibility index (Phi) is 5.84. The van der Waals surface area contributed by atoms with Gasteiger partial charge in [-0.3, -0.25) is 4.79 Å². The Morgan fingerprint density at radius 3 is 2.50 bits per heavy atom. The molecule has 6 heteroatoms. The van der Waals surface area contributed by atoms with Crippen LogP contribution in [0.25, 0.3) is 0 Å². The minimum absolute atomic E-state index is 0.174. The maximum atomic E-state index is 12.7. The van der Waals surface area contributed by atoms with Crippen LogP contribution in [0.4, 0.5) is 18.9 Å². The van der Waals surface area contributed by atoms with E-state index in [0.29, 0.717) is 5.69 Å². The van der Waals surface area contributed by atoms with Crippen LogP contribution in [0.2, 0.25) is 0 Å². The maximum Gasteiger partial charge on any atom is 0.416 e. The van der Waals surface area contributed by atoms with Crippen molar-refractivity contribution in [2.75, 3.05) is 11.9 Å². The van der Waals surface area contributed by atoms with Crippen LogP contribution >= 0.6 is 0 Å². The number of hydrogen-bond donors (Lipinski definition) is 1. The van der Waals surface area contributed by atoms with Gasteiger partial charge in [0, 0.05) is 12.2 Å². The van der Waals surface area contributed by atoms with Gasteiger partial charge in [-0.2, -0.15) is 13.2 Å². The predicted octanol–water partition coefficient (Wildman–Crippen LogP) is 4.50. The van der Waals surface area contributed by atoms with E-state index < -0.39 is 23.6 Å². The van der Waals surface area contributed by atoms with Gasteiger partial charge < -0.3 is 10.1 Å². The molecule has 0 saturated carbocycles. The Morgan fingerprint density at radius 1 is 1.12 bits per heavy atom. The van der Waals surface area contributed by atoms with E-state index in [4.69, 9.17) is 4.74 Å². The molecule has 1 N–H and O–H groups in total. The molecule has 2 aromatic rings. The number of nitrogens with one attached hydrogen (secondary N) is 1. The quantitative estimate of drug-likeness (QED) is 0.789. The van der Waals surface area contributed by atoms with Gasteiger partial charge in [0.2, 0.25) is 0 Å². The van der Waals surface area contributed by atoms with Crippen molar-refractivity contribution in [3.05, 3.63) is 65.7 Å². The Hall–Kier alpha value is -2.50. The van der Waals surface area contributed by atoms with Gasteiger partial charge in [-0.1, -0.05) is 43.3 Å². The van der Waals surface area contributed by atoms with Gasteiger partial charge in [-0.05, 0) is 23.8 Å². The Morgan fingerprint density at radius 2 is 1.83 bits per heavy atom. The molecule has 1 unspecified atom stereocenters. The monoisotopic (exact) mass is 337 g/mol. The lowest BCUT2D eigenvalue weighted by Crippen LogP contribution is -2.22. The maximum absolute atomic E-state index is 12.7. The van der Waals surface area contributed by atoms with Gasteiger partial charge in [0.25, 0.3) is 0 Å². The molecule has 0 spiro atoms. The minimum Gasteiger partial charge on any atom is -0.461 e. The zero-order chi connectivity index (χ0) is 17.6. The first-order valence-corrected chi connectivity index (χ1v) is 7.48. The molecule has 0 fully saturated rings. The largest absolute Gasteiger partial charge is 0.461 e. The lowest BCUT2D eigenvalue weighted by Gasteiger charge is -2.14. The summed E-state index contributed by atoms with van der Waals surface area (Å²) in [4.78, 5) is 11.9. The molecule has 0 aliphatic rings. The summed E-state index contributed by atoms with van der Waals surface area (Å²) in [7, 11) is 0. The molecule has 1 atom stereocenters. The molecular formula is C18H18F3NO2. The molecule has 0 aromatic heterocycles. The predicted molar refractivity (Wildman–Crippen MR) is 85.3 cm³/mol. The molecule has 0 radical (unpaired) electrons.